The van der Waals surface area contributed by atoms with Crippen LogP contribution in [0.25, 0.3) is 55.0 Å². The van der Waals surface area contributed by atoms with E-state index in [-0.39, 0.29) is 18.5 Å². The number of hydrogen-bond donors (Lipinski definition) is 2. The summed E-state index contributed by atoms with van der Waals surface area (Å²) in [6.45, 7) is 0. The number of rotatable bonds is 6. The van der Waals surface area contributed by atoms with E-state index >= 15 is 0 Å². The highest BCUT2D eigenvalue weighted by molar-refractivity contribution is 6.19. The highest BCUT2D eigenvalue weighted by Crippen LogP contribution is 2.44. The molecular weight excluding hydrogens is 611 g/mol. The fourth-order valence-electron chi connectivity index (χ4n) is 8.07. The van der Waals surface area contributed by atoms with Crippen molar-refractivity contribution in [1.82, 2.24) is 19.4 Å². The number of fused-ring (bicyclic) bond motifs is 6. The van der Waals surface area contributed by atoms with E-state index in [4.69, 9.17) is 5.73 Å². The fraction of sp³-hybridized carbons (Fsp3) is 0.0667. The molecule has 1 fully saturated rings. The molecule has 1 saturated heterocycles. The van der Waals surface area contributed by atoms with Gasteiger partial charge in [-0.25, -0.2) is 4.90 Å². The van der Waals surface area contributed by atoms with Crippen LogP contribution < -0.4 is 11.1 Å². The number of aromatic nitrogens is 2. The van der Waals surface area contributed by atoms with Crippen LogP contribution in [0.15, 0.2) is 176 Å². The Kier molecular flexibility index (Phi) is 6.71. The predicted molar refractivity (Wildman–Crippen MR) is 205 cm³/mol. The predicted octanol–water partition coefficient (Wildman–Crippen LogP) is 10.1. The van der Waals surface area contributed by atoms with Gasteiger partial charge in [0.15, 0.2) is 0 Å². The first kappa shape index (κ1) is 29.0. The molecule has 0 amide bonds. The molecule has 10 rings (SSSR count). The summed E-state index contributed by atoms with van der Waals surface area (Å²) in [5.74, 6) is 0. The van der Waals surface area contributed by atoms with Crippen molar-refractivity contribution in [2.24, 2.45) is 5.73 Å². The van der Waals surface area contributed by atoms with Gasteiger partial charge in [-0.15, -0.1) is 0 Å². The molecule has 3 atom stereocenters. The Balaban J connectivity index is 1.11. The van der Waals surface area contributed by atoms with Crippen molar-refractivity contribution < 1.29 is 0 Å². The zero-order valence-electron chi connectivity index (χ0n) is 27.4. The van der Waals surface area contributed by atoms with Crippen molar-refractivity contribution in [3.63, 3.8) is 0 Å². The summed E-state index contributed by atoms with van der Waals surface area (Å²) in [5.41, 5.74) is 17.5. The van der Waals surface area contributed by atoms with Crippen molar-refractivity contribution >= 4 is 43.6 Å². The second-order valence-corrected chi connectivity index (χ2v) is 13.2. The van der Waals surface area contributed by atoms with Gasteiger partial charge < -0.3 is 14.9 Å². The molecule has 0 saturated carbocycles. The van der Waals surface area contributed by atoms with Gasteiger partial charge >= 0.3 is 0 Å². The molecule has 3 heterocycles. The van der Waals surface area contributed by atoms with Gasteiger partial charge in [0.25, 0.3) is 0 Å². The Morgan fingerprint density at radius 1 is 0.420 bits per heavy atom. The van der Waals surface area contributed by atoms with E-state index in [1.807, 2.05) is 6.07 Å². The second-order valence-electron chi connectivity index (χ2n) is 13.2. The van der Waals surface area contributed by atoms with Crippen molar-refractivity contribution in [1.29, 1.82) is 0 Å². The number of benzene rings is 7. The largest absolute Gasteiger partial charge is 0.312 e. The Bertz CT molecular complexity index is 2600. The monoisotopic (exact) mass is 645 g/mol. The summed E-state index contributed by atoms with van der Waals surface area (Å²) in [6, 6.07) is 62.9. The third-order valence-corrected chi connectivity index (χ3v) is 10.4. The van der Waals surface area contributed by atoms with Crippen LogP contribution in [0.2, 0.25) is 0 Å². The van der Waals surface area contributed by atoms with Crippen LogP contribution in [0.3, 0.4) is 0 Å². The molecule has 0 bridgehead atoms. The lowest BCUT2D eigenvalue weighted by Crippen LogP contribution is -2.60. The Hall–Kier alpha value is -5.98. The van der Waals surface area contributed by atoms with Gasteiger partial charge in [-0.3, -0.25) is 5.32 Å². The maximum atomic E-state index is 6.99. The third kappa shape index (κ3) is 4.45. The van der Waals surface area contributed by atoms with Crippen LogP contribution in [0.1, 0.15) is 35.2 Å². The second kappa shape index (κ2) is 11.6. The Morgan fingerprint density at radius 3 is 1.46 bits per heavy atom. The Morgan fingerprint density at radius 2 is 0.880 bits per heavy atom. The zero-order valence-corrected chi connectivity index (χ0v) is 27.4. The normalized spacial score (nSPS) is 17.1. The molecule has 0 spiro atoms. The lowest BCUT2D eigenvalue weighted by atomic mass is 9.98. The maximum absolute atomic E-state index is 6.99. The minimum Gasteiger partial charge on any atom is -0.312 e. The molecule has 50 heavy (non-hydrogen) atoms. The lowest BCUT2D eigenvalue weighted by Gasteiger charge is -2.53. The van der Waals surface area contributed by atoms with E-state index in [1.165, 1.54) is 54.7 Å². The van der Waals surface area contributed by atoms with Gasteiger partial charge in [0.2, 0.25) is 0 Å². The highest BCUT2D eigenvalue weighted by atomic mass is 15.5. The molecule has 1 aliphatic rings. The standard InChI is InChI=1S/C45H35N5/c46-43(30-14-4-1-5-15-30)50-44(31-16-6-2-7-17-31)47-45(50)32-24-26-34(27-25-32)49-40-23-13-11-21-36(40)38-28-37-35-20-10-12-22-39(35)48(41(37)29-42(38)49)33-18-8-3-9-19-33/h1-29,43-45,47H,46H2/t43?,44?,45-/m1/s1. The fourth-order valence-corrected chi connectivity index (χ4v) is 8.07. The molecule has 7 aromatic carbocycles. The quantitative estimate of drug-likeness (QED) is 0.189. The molecule has 240 valence electrons. The maximum Gasteiger partial charge on any atom is 0.0906 e. The van der Waals surface area contributed by atoms with Crippen molar-refractivity contribution in [2.45, 2.75) is 18.5 Å². The van der Waals surface area contributed by atoms with Gasteiger partial charge in [-0.05, 0) is 65.2 Å². The summed E-state index contributed by atoms with van der Waals surface area (Å²) in [5, 5.41) is 8.83. The average Bonchev–Trinajstić information content (AvgIpc) is 3.67. The van der Waals surface area contributed by atoms with E-state index < -0.39 is 0 Å². The third-order valence-electron chi connectivity index (χ3n) is 10.4. The number of nitrogens with one attached hydrogen (secondary N) is 1. The number of para-hydroxylation sites is 3. The topological polar surface area (TPSA) is 51.1 Å². The van der Waals surface area contributed by atoms with Crippen LogP contribution in [-0.4, -0.2) is 14.0 Å². The summed E-state index contributed by atoms with van der Waals surface area (Å²) in [6.07, 6.45) is -0.264. The summed E-state index contributed by atoms with van der Waals surface area (Å²) < 4.78 is 4.81. The SMILES string of the molecule is NC(c1ccccc1)N1C(c2ccccc2)N[C@H]1c1ccc(-n2c3ccccc3c3cc4c5ccccc5n(-c5ccccc5)c4cc32)cc1. The van der Waals surface area contributed by atoms with Crippen LogP contribution in [-0.2, 0) is 0 Å². The molecule has 0 aliphatic carbocycles. The first-order chi connectivity index (χ1) is 24.7. The highest BCUT2D eigenvalue weighted by Gasteiger charge is 2.43. The molecular formula is C45H35N5. The molecule has 2 aromatic heterocycles. The smallest absolute Gasteiger partial charge is 0.0906 e. The summed E-state index contributed by atoms with van der Waals surface area (Å²) >= 11 is 0. The van der Waals surface area contributed by atoms with Gasteiger partial charge in [0, 0.05) is 32.9 Å². The molecule has 2 unspecified atom stereocenters. The van der Waals surface area contributed by atoms with Gasteiger partial charge in [-0.1, -0.05) is 127 Å². The summed E-state index contributed by atoms with van der Waals surface area (Å²) in [4.78, 5) is 2.37. The van der Waals surface area contributed by atoms with Crippen LogP contribution in [0.4, 0.5) is 0 Å². The first-order valence-electron chi connectivity index (χ1n) is 17.3. The van der Waals surface area contributed by atoms with E-state index in [0.29, 0.717) is 0 Å². The molecule has 9 aromatic rings. The van der Waals surface area contributed by atoms with Gasteiger partial charge in [0.05, 0.1) is 40.6 Å². The zero-order chi connectivity index (χ0) is 33.2. The van der Waals surface area contributed by atoms with Crippen LogP contribution >= 0.6 is 0 Å². The van der Waals surface area contributed by atoms with Crippen molar-refractivity contribution in [2.75, 3.05) is 0 Å². The van der Waals surface area contributed by atoms with E-state index in [0.717, 1.165) is 16.9 Å². The first-order valence-corrected chi connectivity index (χ1v) is 17.3. The number of hydrogen-bond acceptors (Lipinski definition) is 3. The molecule has 5 heteroatoms. The van der Waals surface area contributed by atoms with Crippen LogP contribution in [0.5, 0.6) is 0 Å². The molecule has 0 radical (unpaired) electrons. The van der Waals surface area contributed by atoms with Crippen molar-refractivity contribution in [3.05, 3.63) is 193 Å². The van der Waals surface area contributed by atoms with Gasteiger partial charge in [0.1, 0.15) is 0 Å². The van der Waals surface area contributed by atoms with E-state index in [1.54, 1.807) is 0 Å². The minimum atomic E-state index is -0.261. The van der Waals surface area contributed by atoms with Crippen molar-refractivity contribution in [3.8, 4) is 11.4 Å². The van der Waals surface area contributed by atoms with Gasteiger partial charge in [-0.2, -0.15) is 0 Å². The number of nitrogens with two attached hydrogens (primary N) is 1. The van der Waals surface area contributed by atoms with Crippen LogP contribution in [0, 0.1) is 0 Å². The van der Waals surface area contributed by atoms with E-state index in [9.17, 15) is 0 Å². The molecule has 5 nitrogen and oxygen atoms in total. The molecule has 1 aliphatic heterocycles. The summed E-state index contributed by atoms with van der Waals surface area (Å²) in [7, 11) is 0. The number of nitrogens with zero attached hydrogens (tertiary/aromatic N) is 3. The minimum absolute atomic E-state index is 0.0206. The Labute approximate surface area is 290 Å². The van der Waals surface area contributed by atoms with E-state index in [2.05, 4.69) is 189 Å². The lowest BCUT2D eigenvalue weighted by molar-refractivity contribution is -0.0687. The average molecular weight is 646 g/mol. The molecule has 3 N–H and O–H groups in total.